The summed E-state index contributed by atoms with van der Waals surface area (Å²) < 4.78 is 51.3. The Balaban J connectivity index is 1.35. The largest absolute Gasteiger partial charge is 0.443 e. The lowest BCUT2D eigenvalue weighted by Gasteiger charge is -2.31. The molecule has 0 bridgehead atoms. The van der Waals surface area contributed by atoms with E-state index in [-0.39, 0.29) is 55.2 Å². The minimum absolute atomic E-state index is 0.0169. The molecule has 0 aliphatic carbocycles. The van der Waals surface area contributed by atoms with Gasteiger partial charge in [-0.05, 0) is 36.5 Å². The maximum atomic E-state index is 13.9. The van der Waals surface area contributed by atoms with Gasteiger partial charge in [0, 0.05) is 26.2 Å². The van der Waals surface area contributed by atoms with E-state index < -0.39 is 34.4 Å². The first-order valence-electron chi connectivity index (χ1n) is 14.1. The van der Waals surface area contributed by atoms with E-state index in [1.807, 2.05) is 44.2 Å². The number of oxazole rings is 1. The van der Waals surface area contributed by atoms with Crippen molar-refractivity contribution >= 4 is 33.2 Å². The Morgan fingerprint density at radius 1 is 1.17 bits per heavy atom. The van der Waals surface area contributed by atoms with Crippen LogP contribution in [-0.2, 0) is 30.7 Å². The van der Waals surface area contributed by atoms with Crippen LogP contribution in [-0.4, -0.2) is 86.8 Å². The number of anilines is 1. The van der Waals surface area contributed by atoms with Crippen molar-refractivity contribution in [3.63, 3.8) is 0 Å². The molecule has 42 heavy (non-hydrogen) atoms. The zero-order valence-electron chi connectivity index (χ0n) is 23.9. The molecule has 3 heterocycles. The van der Waals surface area contributed by atoms with Crippen molar-refractivity contribution in [2.24, 2.45) is 11.8 Å². The van der Waals surface area contributed by atoms with Crippen LogP contribution in [0.25, 0.3) is 11.1 Å². The van der Waals surface area contributed by atoms with Crippen molar-refractivity contribution in [2.45, 2.75) is 56.1 Å². The summed E-state index contributed by atoms with van der Waals surface area (Å²) in [5.41, 5.74) is 1.70. The molecule has 2 aliphatic rings. The van der Waals surface area contributed by atoms with Gasteiger partial charge >= 0.3 is 6.09 Å². The zero-order chi connectivity index (χ0) is 29.9. The number of alkyl carbamates (subject to hydrolysis) is 1. The van der Waals surface area contributed by atoms with E-state index in [1.54, 1.807) is 13.1 Å². The summed E-state index contributed by atoms with van der Waals surface area (Å²) in [5, 5.41) is 17.1. The van der Waals surface area contributed by atoms with E-state index in [0.29, 0.717) is 17.7 Å². The van der Waals surface area contributed by atoms with E-state index in [0.717, 1.165) is 12.0 Å². The van der Waals surface area contributed by atoms with Crippen molar-refractivity contribution in [1.29, 1.82) is 0 Å². The van der Waals surface area contributed by atoms with Crippen molar-refractivity contribution in [3.05, 3.63) is 54.1 Å². The number of fused-ring (bicyclic) bond motifs is 2. The molecule has 228 valence electrons. The number of nitrogens with zero attached hydrogens (tertiary/aromatic N) is 2. The fourth-order valence-corrected chi connectivity index (χ4v) is 6.99. The molecule has 1 unspecified atom stereocenters. The molecule has 0 saturated carbocycles. The molecule has 0 spiro atoms. The molecule has 5 atom stereocenters. The summed E-state index contributed by atoms with van der Waals surface area (Å²) in [5.74, 6) is -0.0721. The molecular weight excluding hydrogens is 564 g/mol. The Kier molecular flexibility index (Phi) is 9.33. The quantitative estimate of drug-likeness (QED) is 0.282. The highest BCUT2D eigenvalue weighted by Gasteiger charge is 2.44. The van der Waals surface area contributed by atoms with Gasteiger partial charge in [-0.25, -0.2) is 13.2 Å². The molecule has 2 aromatic carbocycles. The number of sulfonamides is 1. The molecule has 3 aromatic rings. The summed E-state index contributed by atoms with van der Waals surface area (Å²) >= 11 is 0. The number of benzene rings is 2. The first kappa shape index (κ1) is 30.2. The number of carbonyl (C=O) groups is 1. The molecule has 3 N–H and O–H groups in total. The molecule has 1 aromatic heterocycles. The van der Waals surface area contributed by atoms with Crippen LogP contribution in [0.4, 0.5) is 10.8 Å². The smallest absolute Gasteiger partial charge is 0.407 e. The van der Waals surface area contributed by atoms with Gasteiger partial charge in [0.25, 0.3) is 6.01 Å². The number of amides is 1. The Bertz CT molecular complexity index is 1460. The highest BCUT2D eigenvalue weighted by molar-refractivity contribution is 7.89. The Labute approximate surface area is 245 Å². The van der Waals surface area contributed by atoms with Gasteiger partial charge in [0.15, 0.2) is 11.9 Å². The fraction of sp³-hybridized carbons (Fsp3) is 0.517. The van der Waals surface area contributed by atoms with Gasteiger partial charge in [-0.1, -0.05) is 44.2 Å². The van der Waals surface area contributed by atoms with Gasteiger partial charge in [-0.2, -0.15) is 9.29 Å². The van der Waals surface area contributed by atoms with Crippen LogP contribution in [0.3, 0.4) is 0 Å². The molecule has 2 saturated heterocycles. The zero-order valence-corrected chi connectivity index (χ0v) is 24.7. The molecule has 0 radical (unpaired) electrons. The monoisotopic (exact) mass is 602 g/mol. The standard InChI is InChI=1S/C29H38N4O8S/c1-18(2)15-33(42(36,37)20-9-10-22-25(14-20)40-28(30-3)31-22)16-24(34)23(13-19-7-5-4-6-8-19)32-29(35)41-26-17-39-27-21(26)11-12-38-27/h4-10,14,18,21,23-24,26-27,34H,11-13,15-17H2,1-3H3,(H,30,31)(H,32,35)/t21?,23-,24+,26-,27+/m0/s1. The fourth-order valence-electron chi connectivity index (χ4n) is 5.36. The maximum Gasteiger partial charge on any atom is 0.407 e. The van der Waals surface area contributed by atoms with E-state index in [9.17, 15) is 18.3 Å². The molecule has 2 aliphatic heterocycles. The Morgan fingerprint density at radius 3 is 2.69 bits per heavy atom. The van der Waals surface area contributed by atoms with Crippen LogP contribution in [0.2, 0.25) is 0 Å². The maximum absolute atomic E-state index is 13.9. The van der Waals surface area contributed by atoms with Crippen LogP contribution in [0, 0.1) is 11.8 Å². The third kappa shape index (κ3) is 6.87. The normalized spacial score (nSPS) is 21.9. The molecule has 12 nitrogen and oxygen atoms in total. The lowest BCUT2D eigenvalue weighted by Crippen LogP contribution is -2.51. The van der Waals surface area contributed by atoms with E-state index in [1.165, 1.54) is 16.4 Å². The first-order valence-corrected chi connectivity index (χ1v) is 15.6. The van der Waals surface area contributed by atoms with Gasteiger partial charge in [0.2, 0.25) is 10.0 Å². The number of carbonyl (C=O) groups excluding carboxylic acids is 1. The summed E-state index contributed by atoms with van der Waals surface area (Å²) in [7, 11) is -2.39. The van der Waals surface area contributed by atoms with Gasteiger partial charge in [-0.3, -0.25) is 0 Å². The third-order valence-corrected chi connectivity index (χ3v) is 9.31. The summed E-state index contributed by atoms with van der Waals surface area (Å²) in [6.07, 6.45) is -1.79. The number of rotatable bonds is 12. The van der Waals surface area contributed by atoms with E-state index >= 15 is 0 Å². The lowest BCUT2D eigenvalue weighted by atomic mass is 10.0. The number of hydrogen-bond donors (Lipinski definition) is 3. The number of hydrogen-bond acceptors (Lipinski definition) is 10. The van der Waals surface area contributed by atoms with Crippen molar-refractivity contribution in [2.75, 3.05) is 38.7 Å². The van der Waals surface area contributed by atoms with E-state index in [4.69, 9.17) is 18.6 Å². The third-order valence-electron chi connectivity index (χ3n) is 7.48. The second-order valence-electron chi connectivity index (χ2n) is 11.1. The van der Waals surface area contributed by atoms with Crippen molar-refractivity contribution in [1.82, 2.24) is 14.6 Å². The average molecular weight is 603 g/mol. The number of aromatic nitrogens is 1. The van der Waals surface area contributed by atoms with Gasteiger partial charge < -0.3 is 34.4 Å². The molecule has 1 amide bonds. The SMILES string of the molecule is CNc1nc2ccc(S(=O)(=O)N(CC(C)C)C[C@@H](O)[C@H](Cc3ccccc3)NC(=O)O[C@H]3CO[C@H]4OCCC43)cc2o1. The Hall–Kier alpha value is -3.23. The molecule has 2 fully saturated rings. The Morgan fingerprint density at radius 2 is 1.95 bits per heavy atom. The minimum atomic E-state index is -4.05. The molecule has 5 rings (SSSR count). The highest BCUT2D eigenvalue weighted by Crippen LogP contribution is 2.33. The number of aliphatic hydroxyl groups excluding tert-OH is 1. The first-order chi connectivity index (χ1) is 20.1. The second kappa shape index (κ2) is 13.0. The van der Waals surface area contributed by atoms with Gasteiger partial charge in [-0.15, -0.1) is 0 Å². The number of nitrogens with one attached hydrogen (secondary N) is 2. The summed E-state index contributed by atoms with van der Waals surface area (Å²) in [6, 6.07) is 13.3. The number of aliphatic hydroxyl groups is 1. The van der Waals surface area contributed by atoms with E-state index in [2.05, 4.69) is 15.6 Å². The van der Waals surface area contributed by atoms with Crippen LogP contribution < -0.4 is 10.6 Å². The lowest BCUT2D eigenvalue weighted by molar-refractivity contribution is -0.0907. The molecular formula is C29H38N4O8S. The van der Waals surface area contributed by atoms with Crippen LogP contribution in [0.1, 0.15) is 25.8 Å². The van der Waals surface area contributed by atoms with Crippen LogP contribution in [0.15, 0.2) is 57.8 Å². The number of ether oxygens (including phenoxy) is 3. The topological polar surface area (TPSA) is 152 Å². The van der Waals surface area contributed by atoms with Gasteiger partial charge in [0.1, 0.15) is 11.6 Å². The van der Waals surface area contributed by atoms with Gasteiger partial charge in [0.05, 0.1) is 36.2 Å². The molecule has 13 heteroatoms. The second-order valence-corrected chi connectivity index (χ2v) is 13.0. The van der Waals surface area contributed by atoms with Crippen LogP contribution in [0.5, 0.6) is 0 Å². The summed E-state index contributed by atoms with van der Waals surface area (Å²) in [6.45, 7) is 4.48. The predicted octanol–water partition coefficient (Wildman–Crippen LogP) is 2.98. The minimum Gasteiger partial charge on any atom is -0.443 e. The summed E-state index contributed by atoms with van der Waals surface area (Å²) in [4.78, 5) is 17.3. The van der Waals surface area contributed by atoms with Crippen molar-refractivity contribution < 1.29 is 36.9 Å². The highest BCUT2D eigenvalue weighted by atomic mass is 32.2. The van der Waals surface area contributed by atoms with Crippen molar-refractivity contribution in [3.8, 4) is 0 Å². The predicted molar refractivity (Wildman–Crippen MR) is 154 cm³/mol. The average Bonchev–Trinajstić information content (AvgIpc) is 3.69. The van der Waals surface area contributed by atoms with Crippen LogP contribution >= 0.6 is 0 Å².